The van der Waals surface area contributed by atoms with Crippen molar-refractivity contribution in [3.05, 3.63) is 24.4 Å². The zero-order valence-electron chi connectivity index (χ0n) is 11.1. The Morgan fingerprint density at radius 1 is 1.30 bits per heavy atom. The van der Waals surface area contributed by atoms with E-state index >= 15 is 0 Å². The molecule has 0 bridgehead atoms. The molecule has 0 aliphatic carbocycles. The van der Waals surface area contributed by atoms with Crippen molar-refractivity contribution in [3.63, 3.8) is 0 Å². The highest BCUT2D eigenvalue weighted by atomic mass is 16.7. The summed E-state index contributed by atoms with van der Waals surface area (Å²) in [7, 11) is 0. The first-order valence-corrected chi connectivity index (χ1v) is 6.95. The Kier molecular flexibility index (Phi) is 2.85. The Morgan fingerprint density at radius 3 is 3.05 bits per heavy atom. The van der Waals surface area contributed by atoms with Gasteiger partial charge in [0.25, 0.3) is 0 Å². The van der Waals surface area contributed by atoms with E-state index in [9.17, 15) is 0 Å². The first kappa shape index (κ1) is 11.8. The van der Waals surface area contributed by atoms with E-state index in [0.29, 0.717) is 18.5 Å². The van der Waals surface area contributed by atoms with E-state index in [1.54, 1.807) is 6.20 Å². The lowest BCUT2D eigenvalue weighted by molar-refractivity contribution is 0.174. The summed E-state index contributed by atoms with van der Waals surface area (Å²) < 4.78 is 16.7. The van der Waals surface area contributed by atoms with Gasteiger partial charge in [0.1, 0.15) is 6.61 Å². The smallest absolute Gasteiger partial charge is 0.231 e. The second-order valence-corrected chi connectivity index (χ2v) is 5.15. The van der Waals surface area contributed by atoms with Crippen LogP contribution in [-0.4, -0.2) is 31.0 Å². The Bertz CT molecular complexity index is 638. The van der Waals surface area contributed by atoms with E-state index in [4.69, 9.17) is 14.2 Å². The first-order chi connectivity index (χ1) is 9.90. The number of hydrogen-bond acceptors (Lipinski definition) is 5. The van der Waals surface area contributed by atoms with Crippen LogP contribution in [0.5, 0.6) is 17.4 Å². The minimum atomic E-state index is 0.279. The summed E-state index contributed by atoms with van der Waals surface area (Å²) in [6, 6.07) is 6.31. The van der Waals surface area contributed by atoms with Crippen molar-refractivity contribution in [2.24, 2.45) is 0 Å². The summed E-state index contributed by atoms with van der Waals surface area (Å²) in [4.78, 5) is 4.35. The van der Waals surface area contributed by atoms with E-state index in [-0.39, 0.29) is 6.79 Å². The number of ether oxygens (including phenoxy) is 3. The Labute approximate surface area is 116 Å². The van der Waals surface area contributed by atoms with Crippen LogP contribution in [0, 0.1) is 0 Å². The Morgan fingerprint density at radius 2 is 2.20 bits per heavy atom. The monoisotopic (exact) mass is 272 g/mol. The van der Waals surface area contributed by atoms with Crippen LogP contribution >= 0.6 is 0 Å². The molecule has 1 N–H and O–H groups in total. The third-order valence-electron chi connectivity index (χ3n) is 3.80. The molecular formula is C15H16N2O3. The largest absolute Gasteiger partial charge is 0.476 e. The average Bonchev–Trinajstić information content (AvgIpc) is 3.13. The van der Waals surface area contributed by atoms with E-state index in [0.717, 1.165) is 35.2 Å². The molecule has 1 aromatic carbocycles. The van der Waals surface area contributed by atoms with Gasteiger partial charge in [-0.2, -0.15) is 0 Å². The van der Waals surface area contributed by atoms with Crippen LogP contribution in [0.4, 0.5) is 0 Å². The molecule has 1 atom stereocenters. The summed E-state index contributed by atoms with van der Waals surface area (Å²) in [5.74, 6) is 2.20. The minimum absolute atomic E-state index is 0.279. The molecule has 4 rings (SSSR count). The number of nitrogens with one attached hydrogen (secondary N) is 1. The molecule has 0 spiro atoms. The van der Waals surface area contributed by atoms with Gasteiger partial charge in [0.15, 0.2) is 11.5 Å². The maximum atomic E-state index is 5.89. The number of pyridine rings is 1. The molecule has 104 valence electrons. The SMILES string of the molecule is c1cc2cc3c(cc2c(OCC2CCCN2)n1)OCO3. The molecule has 1 saturated heterocycles. The van der Waals surface area contributed by atoms with Crippen LogP contribution in [0.1, 0.15) is 12.8 Å². The molecule has 0 radical (unpaired) electrons. The van der Waals surface area contributed by atoms with E-state index < -0.39 is 0 Å². The molecule has 5 heteroatoms. The average molecular weight is 272 g/mol. The molecule has 2 aromatic rings. The van der Waals surface area contributed by atoms with Gasteiger partial charge >= 0.3 is 0 Å². The molecule has 1 unspecified atom stereocenters. The maximum Gasteiger partial charge on any atom is 0.231 e. The van der Waals surface area contributed by atoms with Crippen LogP contribution in [0.25, 0.3) is 10.8 Å². The maximum absolute atomic E-state index is 5.89. The van der Waals surface area contributed by atoms with Gasteiger partial charge < -0.3 is 19.5 Å². The lowest BCUT2D eigenvalue weighted by atomic mass is 10.1. The van der Waals surface area contributed by atoms with Gasteiger partial charge in [0, 0.05) is 17.6 Å². The van der Waals surface area contributed by atoms with Gasteiger partial charge in [0.2, 0.25) is 12.7 Å². The zero-order valence-corrected chi connectivity index (χ0v) is 11.1. The fourth-order valence-corrected chi connectivity index (χ4v) is 2.73. The minimum Gasteiger partial charge on any atom is -0.476 e. The van der Waals surface area contributed by atoms with Crippen molar-refractivity contribution in [1.82, 2.24) is 10.3 Å². The van der Waals surface area contributed by atoms with E-state index in [1.165, 1.54) is 6.42 Å². The molecular weight excluding hydrogens is 256 g/mol. The standard InChI is InChI=1S/C15H16N2O3/c1-2-11(16-4-1)8-18-15-12-7-14-13(19-9-20-14)6-10(12)3-5-17-15/h3,5-7,11,16H,1-2,4,8-9H2. The van der Waals surface area contributed by atoms with Crippen molar-refractivity contribution < 1.29 is 14.2 Å². The second kappa shape index (κ2) is 4.83. The molecule has 3 heterocycles. The van der Waals surface area contributed by atoms with Crippen molar-refractivity contribution in [3.8, 4) is 17.4 Å². The number of rotatable bonds is 3. The number of nitrogens with zero attached hydrogens (tertiary/aromatic N) is 1. The van der Waals surface area contributed by atoms with Gasteiger partial charge in [-0.3, -0.25) is 0 Å². The molecule has 20 heavy (non-hydrogen) atoms. The van der Waals surface area contributed by atoms with Crippen molar-refractivity contribution in [2.45, 2.75) is 18.9 Å². The highest BCUT2D eigenvalue weighted by Gasteiger charge is 2.18. The number of hydrogen-bond donors (Lipinski definition) is 1. The summed E-state index contributed by atoms with van der Waals surface area (Å²) in [6.07, 6.45) is 4.15. The highest BCUT2D eigenvalue weighted by molar-refractivity contribution is 5.90. The summed E-state index contributed by atoms with van der Waals surface area (Å²) in [5, 5.41) is 5.44. The van der Waals surface area contributed by atoms with E-state index in [1.807, 2.05) is 18.2 Å². The Balaban J connectivity index is 1.64. The molecule has 5 nitrogen and oxygen atoms in total. The Hall–Kier alpha value is -2.01. The molecule has 1 aromatic heterocycles. The zero-order chi connectivity index (χ0) is 13.4. The summed E-state index contributed by atoms with van der Waals surface area (Å²) in [6.45, 7) is 2.01. The topological polar surface area (TPSA) is 52.6 Å². The van der Waals surface area contributed by atoms with Crippen LogP contribution in [0.2, 0.25) is 0 Å². The number of aromatic nitrogens is 1. The molecule has 0 saturated carbocycles. The van der Waals surface area contributed by atoms with Crippen LogP contribution in [-0.2, 0) is 0 Å². The fraction of sp³-hybridized carbons (Fsp3) is 0.400. The predicted molar refractivity (Wildman–Crippen MR) is 74.4 cm³/mol. The van der Waals surface area contributed by atoms with Gasteiger partial charge in [-0.1, -0.05) is 0 Å². The van der Waals surface area contributed by atoms with Crippen LogP contribution in [0.3, 0.4) is 0 Å². The fourth-order valence-electron chi connectivity index (χ4n) is 2.73. The second-order valence-electron chi connectivity index (χ2n) is 5.15. The molecule has 0 amide bonds. The van der Waals surface area contributed by atoms with E-state index in [2.05, 4.69) is 10.3 Å². The van der Waals surface area contributed by atoms with Gasteiger partial charge in [-0.25, -0.2) is 4.98 Å². The summed E-state index contributed by atoms with van der Waals surface area (Å²) in [5.41, 5.74) is 0. The third-order valence-corrected chi connectivity index (χ3v) is 3.80. The number of fused-ring (bicyclic) bond motifs is 2. The number of benzene rings is 1. The molecule has 2 aliphatic rings. The predicted octanol–water partition coefficient (Wildman–Crippen LogP) is 2.09. The van der Waals surface area contributed by atoms with Gasteiger partial charge in [-0.05, 0) is 43.0 Å². The lowest BCUT2D eigenvalue weighted by Crippen LogP contribution is -2.28. The van der Waals surface area contributed by atoms with Gasteiger partial charge in [0.05, 0.1) is 0 Å². The highest BCUT2D eigenvalue weighted by Crippen LogP contribution is 2.38. The lowest BCUT2D eigenvalue weighted by Gasteiger charge is -2.13. The normalized spacial score (nSPS) is 20.5. The van der Waals surface area contributed by atoms with Crippen molar-refractivity contribution in [2.75, 3.05) is 19.9 Å². The first-order valence-electron chi connectivity index (χ1n) is 6.95. The van der Waals surface area contributed by atoms with Crippen molar-refractivity contribution in [1.29, 1.82) is 0 Å². The summed E-state index contributed by atoms with van der Waals surface area (Å²) >= 11 is 0. The molecule has 2 aliphatic heterocycles. The van der Waals surface area contributed by atoms with Crippen molar-refractivity contribution >= 4 is 10.8 Å². The third kappa shape index (κ3) is 2.04. The van der Waals surface area contributed by atoms with Crippen LogP contribution in [0.15, 0.2) is 24.4 Å². The van der Waals surface area contributed by atoms with Crippen LogP contribution < -0.4 is 19.5 Å². The molecule has 1 fully saturated rings. The quantitative estimate of drug-likeness (QED) is 0.927. The van der Waals surface area contributed by atoms with Gasteiger partial charge in [-0.15, -0.1) is 0 Å².